The predicted octanol–water partition coefficient (Wildman–Crippen LogP) is 3.01. The van der Waals surface area contributed by atoms with E-state index in [0.717, 1.165) is 5.56 Å². The van der Waals surface area contributed by atoms with E-state index in [1.54, 1.807) is 6.92 Å². The van der Waals surface area contributed by atoms with Crippen molar-refractivity contribution in [3.8, 4) is 6.07 Å². The second-order valence-corrected chi connectivity index (χ2v) is 5.81. The lowest BCUT2D eigenvalue weighted by atomic mass is 10.0. The van der Waals surface area contributed by atoms with Crippen molar-refractivity contribution >= 4 is 6.03 Å². The molecule has 0 saturated heterocycles. The van der Waals surface area contributed by atoms with Gasteiger partial charge in [-0.25, -0.2) is 9.18 Å². The van der Waals surface area contributed by atoms with E-state index >= 15 is 0 Å². The van der Waals surface area contributed by atoms with Crippen molar-refractivity contribution in [2.45, 2.75) is 32.0 Å². The number of rotatable bonds is 6. The maximum absolute atomic E-state index is 13.7. The van der Waals surface area contributed by atoms with Crippen molar-refractivity contribution in [2.75, 3.05) is 0 Å². The number of nitrogens with zero attached hydrogens (tertiary/aromatic N) is 1. The zero-order valence-corrected chi connectivity index (χ0v) is 13.9. The largest absolute Gasteiger partial charge is 0.388 e. The first-order valence-electron chi connectivity index (χ1n) is 7.95. The maximum atomic E-state index is 13.7. The fourth-order valence-corrected chi connectivity index (χ4v) is 2.44. The molecule has 0 bridgehead atoms. The van der Waals surface area contributed by atoms with Crippen LogP contribution in [0.25, 0.3) is 0 Å². The number of urea groups is 1. The minimum absolute atomic E-state index is 0.0266. The lowest BCUT2D eigenvalue weighted by Crippen LogP contribution is -2.41. The van der Waals surface area contributed by atoms with Crippen LogP contribution >= 0.6 is 0 Å². The molecular formula is C19H20FN3O2. The minimum Gasteiger partial charge on any atom is -0.388 e. The van der Waals surface area contributed by atoms with Crippen LogP contribution in [-0.2, 0) is 6.54 Å². The number of halogens is 1. The first kappa shape index (κ1) is 18.4. The number of hydrogen-bond donors (Lipinski definition) is 3. The second kappa shape index (κ2) is 8.81. The number of amides is 2. The average Bonchev–Trinajstić information content (AvgIpc) is 2.61. The molecule has 2 rings (SSSR count). The lowest BCUT2D eigenvalue weighted by Gasteiger charge is -2.18. The summed E-state index contributed by atoms with van der Waals surface area (Å²) in [5.74, 6) is -0.480. The minimum atomic E-state index is -0.679. The number of nitriles is 1. The molecule has 0 aliphatic heterocycles. The number of carbonyl (C=O) groups excluding carboxylic acids is 1. The molecule has 3 N–H and O–H groups in total. The first-order valence-corrected chi connectivity index (χ1v) is 7.95. The maximum Gasteiger partial charge on any atom is 0.315 e. The number of carbonyl (C=O) groups is 1. The van der Waals surface area contributed by atoms with Gasteiger partial charge in [-0.05, 0) is 37.1 Å². The van der Waals surface area contributed by atoms with Crippen LogP contribution in [0.15, 0.2) is 48.5 Å². The highest BCUT2D eigenvalue weighted by Gasteiger charge is 2.14. The van der Waals surface area contributed by atoms with E-state index in [1.165, 1.54) is 18.2 Å². The quantitative estimate of drug-likeness (QED) is 0.755. The molecule has 0 aromatic heterocycles. The van der Waals surface area contributed by atoms with Crippen LogP contribution in [0.5, 0.6) is 0 Å². The molecule has 130 valence electrons. The summed E-state index contributed by atoms with van der Waals surface area (Å²) < 4.78 is 13.7. The Balaban J connectivity index is 1.83. The number of nitrogens with one attached hydrogen (secondary N) is 2. The van der Waals surface area contributed by atoms with Gasteiger partial charge < -0.3 is 15.7 Å². The Morgan fingerprint density at radius 1 is 1.28 bits per heavy atom. The molecule has 0 fully saturated rings. The summed E-state index contributed by atoms with van der Waals surface area (Å²) in [7, 11) is 0. The summed E-state index contributed by atoms with van der Waals surface area (Å²) in [6.07, 6.45) is -0.323. The van der Waals surface area contributed by atoms with Crippen LogP contribution in [0.3, 0.4) is 0 Å². The Bertz CT molecular complexity index is 759. The normalized spacial score (nSPS) is 12.7. The second-order valence-electron chi connectivity index (χ2n) is 5.81. The molecule has 0 heterocycles. The molecule has 25 heavy (non-hydrogen) atoms. The third-order valence-electron chi connectivity index (χ3n) is 3.75. The van der Waals surface area contributed by atoms with Crippen LogP contribution in [0.4, 0.5) is 9.18 Å². The van der Waals surface area contributed by atoms with Crippen LogP contribution < -0.4 is 10.6 Å². The number of hydrogen-bond acceptors (Lipinski definition) is 3. The Morgan fingerprint density at radius 3 is 2.68 bits per heavy atom. The van der Waals surface area contributed by atoms with Gasteiger partial charge in [0, 0.05) is 18.2 Å². The standard InChI is InChI=1S/C19H20FN3O2/c1-13(9-18(24)15-5-3-2-4-6-15)23-19(25)22-12-16-10-14(11-21)7-8-17(16)20/h2-8,10,13,18,24H,9,12H2,1H3,(H2,22,23,25)/t13-,18+/m1/s1. The molecule has 0 saturated carbocycles. The van der Waals surface area contributed by atoms with E-state index in [-0.39, 0.29) is 18.2 Å². The van der Waals surface area contributed by atoms with E-state index in [2.05, 4.69) is 10.6 Å². The summed E-state index contributed by atoms with van der Waals surface area (Å²) in [5.41, 5.74) is 1.36. The molecule has 0 aliphatic carbocycles. The molecule has 0 radical (unpaired) electrons. The van der Waals surface area contributed by atoms with Gasteiger partial charge in [-0.15, -0.1) is 0 Å². The van der Waals surface area contributed by atoms with Gasteiger partial charge in [0.05, 0.1) is 17.7 Å². The third kappa shape index (κ3) is 5.59. The van der Waals surface area contributed by atoms with Gasteiger partial charge in [-0.2, -0.15) is 5.26 Å². The zero-order chi connectivity index (χ0) is 18.2. The number of aliphatic hydroxyl groups is 1. The summed E-state index contributed by atoms with van der Waals surface area (Å²) in [6.45, 7) is 1.75. The van der Waals surface area contributed by atoms with E-state index < -0.39 is 18.0 Å². The fraction of sp³-hybridized carbons (Fsp3) is 0.263. The van der Waals surface area contributed by atoms with Crippen molar-refractivity contribution in [2.24, 2.45) is 0 Å². The molecule has 0 aliphatic rings. The van der Waals surface area contributed by atoms with Gasteiger partial charge in [-0.1, -0.05) is 30.3 Å². The fourth-order valence-electron chi connectivity index (χ4n) is 2.44. The summed E-state index contributed by atoms with van der Waals surface area (Å²) in [6, 6.07) is 14.4. The first-order chi connectivity index (χ1) is 12.0. The topological polar surface area (TPSA) is 85.2 Å². The molecule has 0 spiro atoms. The smallest absolute Gasteiger partial charge is 0.315 e. The van der Waals surface area contributed by atoms with Crippen molar-refractivity contribution < 1.29 is 14.3 Å². The summed E-state index contributed by atoms with van der Waals surface area (Å²) in [5, 5.41) is 24.2. The summed E-state index contributed by atoms with van der Waals surface area (Å²) >= 11 is 0. The Kier molecular flexibility index (Phi) is 6.49. The van der Waals surface area contributed by atoms with Crippen LogP contribution in [0.2, 0.25) is 0 Å². The van der Waals surface area contributed by atoms with Gasteiger partial charge >= 0.3 is 6.03 Å². The van der Waals surface area contributed by atoms with Gasteiger partial charge in [0.15, 0.2) is 0 Å². The van der Waals surface area contributed by atoms with E-state index in [0.29, 0.717) is 12.0 Å². The van der Waals surface area contributed by atoms with Gasteiger partial charge in [-0.3, -0.25) is 0 Å². The van der Waals surface area contributed by atoms with E-state index in [4.69, 9.17) is 5.26 Å². The highest BCUT2D eigenvalue weighted by Crippen LogP contribution is 2.17. The van der Waals surface area contributed by atoms with Crippen molar-refractivity contribution in [1.29, 1.82) is 5.26 Å². The van der Waals surface area contributed by atoms with Gasteiger partial charge in [0.2, 0.25) is 0 Å². The Labute approximate surface area is 146 Å². The van der Waals surface area contributed by atoms with E-state index in [9.17, 15) is 14.3 Å². The predicted molar refractivity (Wildman–Crippen MR) is 92.0 cm³/mol. The van der Waals surface area contributed by atoms with E-state index in [1.807, 2.05) is 36.4 Å². The molecule has 2 amide bonds. The molecule has 2 aromatic rings. The number of aliphatic hydroxyl groups excluding tert-OH is 1. The average molecular weight is 341 g/mol. The SMILES string of the molecule is C[C@H](C[C@H](O)c1ccccc1)NC(=O)NCc1cc(C#N)ccc1F. The molecule has 2 aromatic carbocycles. The van der Waals surface area contributed by atoms with Gasteiger partial charge in [0.1, 0.15) is 5.82 Å². The lowest BCUT2D eigenvalue weighted by molar-refractivity contribution is 0.154. The monoisotopic (exact) mass is 341 g/mol. The zero-order valence-electron chi connectivity index (χ0n) is 13.9. The van der Waals surface area contributed by atoms with Crippen LogP contribution in [0.1, 0.15) is 36.1 Å². The molecule has 5 nitrogen and oxygen atoms in total. The molecule has 0 unspecified atom stereocenters. The van der Waals surface area contributed by atoms with Gasteiger partial charge in [0.25, 0.3) is 0 Å². The van der Waals surface area contributed by atoms with Crippen molar-refractivity contribution in [3.63, 3.8) is 0 Å². The molecular weight excluding hydrogens is 321 g/mol. The van der Waals surface area contributed by atoms with Crippen molar-refractivity contribution in [1.82, 2.24) is 10.6 Å². The third-order valence-corrected chi connectivity index (χ3v) is 3.75. The molecule has 6 heteroatoms. The Morgan fingerprint density at radius 2 is 2.00 bits per heavy atom. The highest BCUT2D eigenvalue weighted by molar-refractivity contribution is 5.74. The highest BCUT2D eigenvalue weighted by atomic mass is 19.1. The van der Waals surface area contributed by atoms with Crippen LogP contribution in [0, 0.1) is 17.1 Å². The Hall–Kier alpha value is -2.91. The van der Waals surface area contributed by atoms with Crippen LogP contribution in [-0.4, -0.2) is 17.2 Å². The summed E-state index contributed by atoms with van der Waals surface area (Å²) in [4.78, 5) is 11.9. The molecule has 2 atom stereocenters. The van der Waals surface area contributed by atoms with Crippen molar-refractivity contribution in [3.05, 3.63) is 71.0 Å². The number of benzene rings is 2.